The third kappa shape index (κ3) is 6.59. The average molecular weight is 481 g/mol. The highest BCUT2D eigenvalue weighted by molar-refractivity contribution is 6.35. The van der Waals surface area contributed by atoms with Crippen LogP contribution in [0.25, 0.3) is 0 Å². The third-order valence-electron chi connectivity index (χ3n) is 5.66. The number of rotatable bonds is 8. The van der Waals surface area contributed by atoms with Crippen molar-refractivity contribution in [2.24, 2.45) is 0 Å². The van der Waals surface area contributed by atoms with Gasteiger partial charge >= 0.3 is 0 Å². The minimum absolute atomic E-state index is 0.0531. The molecule has 0 aromatic heterocycles. The molecule has 0 radical (unpaired) electrons. The second-order valence-electron chi connectivity index (χ2n) is 8.00. The van der Waals surface area contributed by atoms with Gasteiger partial charge in [0.15, 0.2) is 6.61 Å². The molecule has 0 spiro atoms. The Morgan fingerprint density at radius 2 is 1.88 bits per heavy atom. The van der Waals surface area contributed by atoms with Gasteiger partial charge in [-0.1, -0.05) is 60.7 Å². The van der Waals surface area contributed by atoms with Gasteiger partial charge in [0, 0.05) is 23.2 Å². The highest BCUT2D eigenvalue weighted by Gasteiger charge is 2.29. The van der Waals surface area contributed by atoms with Crippen LogP contribution in [0.2, 0.25) is 10.0 Å². The molecule has 3 rings (SSSR count). The largest absolute Gasteiger partial charge is 0.482 e. The SMILES string of the molecule is CC(C(=O)NC1CCCCC1)N(Cc1ccccc1F)C(=O)COc1ccc(Cl)cc1Cl. The quantitative estimate of drug-likeness (QED) is 0.551. The molecule has 1 saturated carbocycles. The van der Waals surface area contributed by atoms with Crippen molar-refractivity contribution in [3.63, 3.8) is 0 Å². The van der Waals surface area contributed by atoms with Crippen molar-refractivity contribution >= 4 is 35.0 Å². The van der Waals surface area contributed by atoms with E-state index in [0.717, 1.165) is 25.7 Å². The van der Waals surface area contributed by atoms with Gasteiger partial charge in [0.1, 0.15) is 17.6 Å². The summed E-state index contributed by atoms with van der Waals surface area (Å²) >= 11 is 12.0. The number of nitrogens with zero attached hydrogens (tertiary/aromatic N) is 1. The number of amides is 2. The normalized spacial score (nSPS) is 15.1. The van der Waals surface area contributed by atoms with Crippen LogP contribution >= 0.6 is 23.2 Å². The van der Waals surface area contributed by atoms with Crippen molar-refractivity contribution in [3.05, 3.63) is 63.9 Å². The number of halogens is 3. The Morgan fingerprint density at radius 3 is 2.56 bits per heavy atom. The van der Waals surface area contributed by atoms with Gasteiger partial charge in [-0.05, 0) is 44.0 Å². The molecule has 1 atom stereocenters. The molecule has 0 saturated heterocycles. The van der Waals surface area contributed by atoms with Crippen LogP contribution < -0.4 is 10.1 Å². The van der Waals surface area contributed by atoms with Gasteiger partial charge in [-0.25, -0.2) is 4.39 Å². The molecule has 0 bridgehead atoms. The number of hydrogen-bond donors (Lipinski definition) is 1. The lowest BCUT2D eigenvalue weighted by Crippen LogP contribution is -2.51. The minimum atomic E-state index is -0.798. The first-order valence-corrected chi connectivity index (χ1v) is 11.5. The van der Waals surface area contributed by atoms with Crippen LogP contribution in [0.15, 0.2) is 42.5 Å². The molecular weight excluding hydrogens is 454 g/mol. The summed E-state index contributed by atoms with van der Waals surface area (Å²) in [5.41, 5.74) is 0.322. The van der Waals surface area contributed by atoms with E-state index in [1.165, 1.54) is 23.5 Å². The molecule has 2 aromatic carbocycles. The van der Waals surface area contributed by atoms with Crippen molar-refractivity contribution in [2.75, 3.05) is 6.61 Å². The number of ether oxygens (including phenoxy) is 1. The first-order valence-electron chi connectivity index (χ1n) is 10.8. The summed E-state index contributed by atoms with van der Waals surface area (Å²) in [4.78, 5) is 27.3. The summed E-state index contributed by atoms with van der Waals surface area (Å²) in [6.45, 7) is 1.24. The lowest BCUT2D eigenvalue weighted by atomic mass is 9.95. The number of carbonyl (C=O) groups excluding carboxylic acids is 2. The fraction of sp³-hybridized carbons (Fsp3) is 0.417. The summed E-state index contributed by atoms with van der Waals surface area (Å²) < 4.78 is 19.9. The van der Waals surface area contributed by atoms with E-state index >= 15 is 0 Å². The highest BCUT2D eigenvalue weighted by atomic mass is 35.5. The molecule has 0 heterocycles. The third-order valence-corrected chi connectivity index (χ3v) is 6.19. The zero-order chi connectivity index (χ0) is 23.1. The van der Waals surface area contributed by atoms with Crippen LogP contribution in [0.3, 0.4) is 0 Å². The highest BCUT2D eigenvalue weighted by Crippen LogP contribution is 2.27. The molecule has 2 aromatic rings. The van der Waals surface area contributed by atoms with Crippen molar-refractivity contribution in [1.82, 2.24) is 10.2 Å². The Labute approximate surface area is 197 Å². The topological polar surface area (TPSA) is 58.6 Å². The number of carbonyl (C=O) groups is 2. The Balaban J connectivity index is 1.73. The zero-order valence-electron chi connectivity index (χ0n) is 18.0. The smallest absolute Gasteiger partial charge is 0.261 e. The molecule has 2 amide bonds. The van der Waals surface area contributed by atoms with Crippen molar-refractivity contribution in [3.8, 4) is 5.75 Å². The Bertz CT molecular complexity index is 951. The summed E-state index contributed by atoms with van der Waals surface area (Å²) in [6, 6.07) is 10.2. The van der Waals surface area contributed by atoms with Crippen molar-refractivity contribution in [1.29, 1.82) is 0 Å². The number of hydrogen-bond acceptors (Lipinski definition) is 3. The maximum Gasteiger partial charge on any atom is 0.261 e. The van der Waals surface area contributed by atoms with Crippen LogP contribution in [0.4, 0.5) is 4.39 Å². The Kier molecular flexibility index (Phi) is 8.76. The first-order chi connectivity index (χ1) is 15.3. The molecule has 1 aliphatic rings. The summed E-state index contributed by atoms with van der Waals surface area (Å²) in [7, 11) is 0. The summed E-state index contributed by atoms with van der Waals surface area (Å²) in [5, 5.41) is 3.76. The van der Waals surface area contributed by atoms with Crippen LogP contribution in [0, 0.1) is 5.82 Å². The molecule has 5 nitrogen and oxygen atoms in total. The zero-order valence-corrected chi connectivity index (χ0v) is 19.5. The molecule has 1 unspecified atom stereocenters. The predicted molar refractivity (Wildman–Crippen MR) is 123 cm³/mol. The van der Waals surface area contributed by atoms with Crippen LogP contribution in [-0.2, 0) is 16.1 Å². The van der Waals surface area contributed by atoms with Gasteiger partial charge in [-0.2, -0.15) is 0 Å². The van der Waals surface area contributed by atoms with E-state index in [9.17, 15) is 14.0 Å². The average Bonchev–Trinajstić information content (AvgIpc) is 2.78. The Morgan fingerprint density at radius 1 is 1.16 bits per heavy atom. The van der Waals surface area contributed by atoms with Gasteiger partial charge in [-0.15, -0.1) is 0 Å². The molecule has 1 N–H and O–H groups in total. The van der Waals surface area contributed by atoms with E-state index in [4.69, 9.17) is 27.9 Å². The molecule has 1 aliphatic carbocycles. The molecule has 1 fully saturated rings. The van der Waals surface area contributed by atoms with E-state index < -0.39 is 17.8 Å². The summed E-state index contributed by atoms with van der Waals surface area (Å²) in [6.07, 6.45) is 5.18. The number of benzene rings is 2. The second kappa shape index (κ2) is 11.5. The van der Waals surface area contributed by atoms with E-state index in [0.29, 0.717) is 16.3 Å². The molecule has 172 valence electrons. The van der Waals surface area contributed by atoms with Crippen LogP contribution in [-0.4, -0.2) is 35.4 Å². The van der Waals surface area contributed by atoms with Gasteiger partial charge in [-0.3, -0.25) is 9.59 Å². The monoisotopic (exact) mass is 480 g/mol. The van der Waals surface area contributed by atoms with E-state index in [2.05, 4.69) is 5.32 Å². The minimum Gasteiger partial charge on any atom is -0.482 e. The van der Waals surface area contributed by atoms with E-state index in [-0.39, 0.29) is 30.1 Å². The standard InChI is InChI=1S/C24H27Cl2FN2O3/c1-16(24(31)28-19-8-3-2-4-9-19)29(14-17-7-5-6-10-21(17)27)23(30)15-32-22-12-11-18(25)13-20(22)26/h5-7,10-13,16,19H,2-4,8-9,14-15H2,1H3,(H,28,31). The fourth-order valence-corrected chi connectivity index (χ4v) is 4.24. The summed E-state index contributed by atoms with van der Waals surface area (Å²) in [5.74, 6) is -0.849. The van der Waals surface area contributed by atoms with Gasteiger partial charge in [0.2, 0.25) is 5.91 Å². The van der Waals surface area contributed by atoms with Gasteiger partial charge in [0.05, 0.1) is 5.02 Å². The fourth-order valence-electron chi connectivity index (χ4n) is 3.78. The molecule has 32 heavy (non-hydrogen) atoms. The van der Waals surface area contributed by atoms with E-state index in [1.54, 1.807) is 37.3 Å². The lowest BCUT2D eigenvalue weighted by molar-refractivity contribution is -0.142. The molecular formula is C24H27Cl2FN2O3. The van der Waals surface area contributed by atoms with Crippen molar-refractivity contribution < 1.29 is 18.7 Å². The predicted octanol–water partition coefficient (Wildman–Crippen LogP) is 5.38. The maximum atomic E-state index is 14.3. The van der Waals surface area contributed by atoms with Crippen LogP contribution in [0.5, 0.6) is 5.75 Å². The van der Waals surface area contributed by atoms with E-state index in [1.807, 2.05) is 0 Å². The van der Waals surface area contributed by atoms with Gasteiger partial charge < -0.3 is 15.0 Å². The maximum absolute atomic E-state index is 14.3. The second-order valence-corrected chi connectivity index (χ2v) is 8.84. The lowest BCUT2D eigenvalue weighted by Gasteiger charge is -2.31. The van der Waals surface area contributed by atoms with Gasteiger partial charge in [0.25, 0.3) is 5.91 Å². The van der Waals surface area contributed by atoms with Crippen molar-refractivity contribution in [2.45, 2.75) is 57.7 Å². The molecule has 8 heteroatoms. The molecule has 0 aliphatic heterocycles. The number of nitrogens with one attached hydrogen (secondary N) is 1. The first kappa shape index (κ1) is 24.3. The Hall–Kier alpha value is -2.31. The van der Waals surface area contributed by atoms with Crippen LogP contribution in [0.1, 0.15) is 44.6 Å².